The number of nitrogens with one attached hydrogen (secondary N) is 1. The van der Waals surface area contributed by atoms with Crippen molar-refractivity contribution in [3.63, 3.8) is 0 Å². The normalized spacial score (nSPS) is 21.5. The van der Waals surface area contributed by atoms with Crippen LogP contribution in [0, 0.1) is 6.92 Å². The molecule has 21 heavy (non-hydrogen) atoms. The summed E-state index contributed by atoms with van der Waals surface area (Å²) >= 11 is 0. The number of carboxylic acids is 1. The van der Waals surface area contributed by atoms with Gasteiger partial charge in [0.25, 0.3) is 0 Å². The lowest BCUT2D eigenvalue weighted by Gasteiger charge is -2.34. The molecule has 2 N–H and O–H groups in total. The first kappa shape index (κ1) is 15.3. The maximum absolute atomic E-state index is 12.3. The van der Waals surface area contributed by atoms with E-state index >= 15 is 0 Å². The van der Waals surface area contributed by atoms with E-state index in [-0.39, 0.29) is 12.6 Å². The predicted octanol–water partition coefficient (Wildman–Crippen LogP) is 1.91. The van der Waals surface area contributed by atoms with Crippen LogP contribution >= 0.6 is 0 Å². The first-order valence-electron chi connectivity index (χ1n) is 7.20. The minimum atomic E-state index is -1.07. The zero-order valence-electron chi connectivity index (χ0n) is 12.4. The Labute approximate surface area is 123 Å². The van der Waals surface area contributed by atoms with Crippen LogP contribution in [0.25, 0.3) is 0 Å². The van der Waals surface area contributed by atoms with E-state index < -0.39 is 11.5 Å². The summed E-state index contributed by atoms with van der Waals surface area (Å²) in [5.41, 5.74) is -0.449. The summed E-state index contributed by atoms with van der Waals surface area (Å²) < 4.78 is 4.93. The SMILES string of the molecule is CCCC1(C(=O)O)CCCN1C(=O)NCc1cc(C)on1. The van der Waals surface area contributed by atoms with Gasteiger partial charge in [0, 0.05) is 12.6 Å². The molecule has 1 fully saturated rings. The number of hydrogen-bond donors (Lipinski definition) is 2. The third-order valence-corrected chi connectivity index (χ3v) is 3.89. The topological polar surface area (TPSA) is 95.7 Å². The molecule has 2 amide bonds. The molecule has 7 heteroatoms. The Hall–Kier alpha value is -2.05. The molecule has 2 heterocycles. The summed E-state index contributed by atoms with van der Waals surface area (Å²) in [6, 6.07) is 1.38. The Bertz CT molecular complexity index is 528. The van der Waals surface area contributed by atoms with Gasteiger partial charge in [-0.3, -0.25) is 0 Å². The zero-order valence-corrected chi connectivity index (χ0v) is 12.4. The highest BCUT2D eigenvalue weighted by molar-refractivity contribution is 5.87. The van der Waals surface area contributed by atoms with Crippen molar-refractivity contribution in [3.05, 3.63) is 17.5 Å². The van der Waals surface area contributed by atoms with Crippen LogP contribution in [-0.4, -0.2) is 39.2 Å². The first-order valence-corrected chi connectivity index (χ1v) is 7.20. The maximum atomic E-state index is 12.3. The summed E-state index contributed by atoms with van der Waals surface area (Å²) in [6.07, 6.45) is 2.41. The molecule has 1 saturated heterocycles. The second-order valence-electron chi connectivity index (χ2n) is 5.43. The van der Waals surface area contributed by atoms with Gasteiger partial charge < -0.3 is 19.8 Å². The number of carbonyl (C=O) groups excluding carboxylic acids is 1. The molecule has 1 aliphatic rings. The number of urea groups is 1. The van der Waals surface area contributed by atoms with Crippen LogP contribution in [0.3, 0.4) is 0 Å². The van der Waals surface area contributed by atoms with Gasteiger partial charge in [-0.1, -0.05) is 18.5 Å². The molecule has 0 aliphatic carbocycles. The highest BCUT2D eigenvalue weighted by atomic mass is 16.5. The molecule has 1 unspecified atom stereocenters. The average molecular weight is 295 g/mol. The standard InChI is InChI=1S/C14H21N3O4/c1-3-5-14(12(18)19)6-4-7-17(14)13(20)15-9-11-8-10(2)21-16-11/h8H,3-7,9H2,1-2H3,(H,15,20)(H,18,19). The van der Waals surface area contributed by atoms with E-state index in [2.05, 4.69) is 10.5 Å². The van der Waals surface area contributed by atoms with Crippen LogP contribution in [0.4, 0.5) is 4.79 Å². The number of aryl methyl sites for hydroxylation is 1. The van der Waals surface area contributed by atoms with Crippen LogP contribution < -0.4 is 5.32 Å². The molecule has 0 radical (unpaired) electrons. The average Bonchev–Trinajstić information content (AvgIpc) is 3.04. The third-order valence-electron chi connectivity index (χ3n) is 3.89. The van der Waals surface area contributed by atoms with Crippen LogP contribution in [0.5, 0.6) is 0 Å². The number of amides is 2. The molecule has 1 atom stereocenters. The number of carboxylic acid groups (broad SMARTS) is 1. The molecule has 0 spiro atoms. The smallest absolute Gasteiger partial charge is 0.329 e. The van der Waals surface area contributed by atoms with Crippen molar-refractivity contribution in [3.8, 4) is 0 Å². The van der Waals surface area contributed by atoms with Gasteiger partial charge in [-0.2, -0.15) is 0 Å². The van der Waals surface area contributed by atoms with E-state index in [0.29, 0.717) is 37.3 Å². The molecule has 1 aromatic rings. The molecule has 1 aliphatic heterocycles. The summed E-state index contributed by atoms with van der Waals surface area (Å²) in [5.74, 6) is -0.249. The summed E-state index contributed by atoms with van der Waals surface area (Å²) in [5, 5.41) is 16.1. The van der Waals surface area contributed by atoms with Crippen molar-refractivity contribution >= 4 is 12.0 Å². The Morgan fingerprint density at radius 3 is 2.90 bits per heavy atom. The first-order chi connectivity index (χ1) is 9.99. The van der Waals surface area contributed by atoms with E-state index in [1.807, 2.05) is 6.92 Å². The molecule has 2 rings (SSSR count). The van der Waals surface area contributed by atoms with Crippen molar-refractivity contribution in [2.75, 3.05) is 6.54 Å². The lowest BCUT2D eigenvalue weighted by atomic mass is 9.91. The Kier molecular flexibility index (Phi) is 4.50. The van der Waals surface area contributed by atoms with E-state index in [0.717, 1.165) is 6.42 Å². The quantitative estimate of drug-likeness (QED) is 0.865. The summed E-state index contributed by atoms with van der Waals surface area (Å²) in [7, 11) is 0. The van der Waals surface area contributed by atoms with E-state index in [9.17, 15) is 14.7 Å². The van der Waals surface area contributed by atoms with Gasteiger partial charge in [0.15, 0.2) is 0 Å². The van der Waals surface area contributed by atoms with Crippen molar-refractivity contribution in [1.82, 2.24) is 15.4 Å². The number of carbonyl (C=O) groups is 2. The van der Waals surface area contributed by atoms with Gasteiger partial charge in [-0.25, -0.2) is 9.59 Å². The number of rotatable bonds is 5. The molecule has 0 bridgehead atoms. The lowest BCUT2D eigenvalue weighted by molar-refractivity contribution is -0.148. The van der Waals surface area contributed by atoms with Gasteiger partial charge in [-0.05, 0) is 26.2 Å². The molecule has 0 aromatic carbocycles. The molecule has 7 nitrogen and oxygen atoms in total. The second kappa shape index (κ2) is 6.15. The van der Waals surface area contributed by atoms with Crippen LogP contribution in [-0.2, 0) is 11.3 Å². The second-order valence-corrected chi connectivity index (χ2v) is 5.43. The molecule has 116 valence electrons. The largest absolute Gasteiger partial charge is 0.479 e. The summed E-state index contributed by atoms with van der Waals surface area (Å²) in [4.78, 5) is 25.4. The monoisotopic (exact) mass is 295 g/mol. The number of aliphatic carboxylic acids is 1. The summed E-state index contributed by atoms with van der Waals surface area (Å²) in [6.45, 7) is 4.40. The van der Waals surface area contributed by atoms with Crippen LogP contribution in [0.2, 0.25) is 0 Å². The fourth-order valence-corrected chi connectivity index (χ4v) is 2.94. The van der Waals surface area contributed by atoms with Crippen molar-refractivity contribution in [1.29, 1.82) is 0 Å². The number of nitrogens with zero attached hydrogens (tertiary/aromatic N) is 2. The number of likely N-dealkylation sites (tertiary alicyclic amines) is 1. The highest BCUT2D eigenvalue weighted by Gasteiger charge is 2.49. The minimum Gasteiger partial charge on any atom is -0.479 e. The molecule has 1 aromatic heterocycles. The predicted molar refractivity (Wildman–Crippen MR) is 74.7 cm³/mol. The van der Waals surface area contributed by atoms with E-state index in [1.165, 1.54) is 4.90 Å². The van der Waals surface area contributed by atoms with Crippen molar-refractivity contribution in [2.24, 2.45) is 0 Å². The molecule has 0 saturated carbocycles. The van der Waals surface area contributed by atoms with Gasteiger partial charge in [0.05, 0.1) is 6.54 Å². The highest BCUT2D eigenvalue weighted by Crippen LogP contribution is 2.34. The lowest BCUT2D eigenvalue weighted by Crippen LogP contribution is -2.55. The number of aromatic nitrogens is 1. The van der Waals surface area contributed by atoms with E-state index in [4.69, 9.17) is 4.52 Å². The van der Waals surface area contributed by atoms with Crippen LogP contribution in [0.1, 0.15) is 44.1 Å². The number of hydrogen-bond acceptors (Lipinski definition) is 4. The molecular weight excluding hydrogens is 274 g/mol. The third kappa shape index (κ3) is 3.01. The van der Waals surface area contributed by atoms with Crippen LogP contribution in [0.15, 0.2) is 10.6 Å². The van der Waals surface area contributed by atoms with Crippen molar-refractivity contribution in [2.45, 2.75) is 51.6 Å². The Morgan fingerprint density at radius 2 is 2.33 bits per heavy atom. The van der Waals surface area contributed by atoms with Gasteiger partial charge >= 0.3 is 12.0 Å². The zero-order chi connectivity index (χ0) is 15.5. The fourth-order valence-electron chi connectivity index (χ4n) is 2.94. The van der Waals surface area contributed by atoms with Gasteiger partial charge in [0.1, 0.15) is 17.0 Å². The Morgan fingerprint density at radius 1 is 1.57 bits per heavy atom. The molecular formula is C14H21N3O4. The van der Waals surface area contributed by atoms with Gasteiger partial charge in [-0.15, -0.1) is 0 Å². The fraction of sp³-hybridized carbons (Fsp3) is 0.643. The van der Waals surface area contributed by atoms with Crippen molar-refractivity contribution < 1.29 is 19.2 Å². The Balaban J connectivity index is 2.04. The maximum Gasteiger partial charge on any atom is 0.329 e. The van der Waals surface area contributed by atoms with Gasteiger partial charge in [0.2, 0.25) is 0 Å². The van der Waals surface area contributed by atoms with E-state index in [1.54, 1.807) is 13.0 Å². The minimum absolute atomic E-state index is 0.231.